The van der Waals surface area contributed by atoms with E-state index >= 15 is 0 Å². The minimum absolute atomic E-state index is 0.341. The maximum absolute atomic E-state index is 12.7. The van der Waals surface area contributed by atoms with Gasteiger partial charge in [-0.25, -0.2) is 0 Å². The van der Waals surface area contributed by atoms with Gasteiger partial charge in [-0.2, -0.15) is 0 Å². The van der Waals surface area contributed by atoms with E-state index in [9.17, 15) is 14.4 Å². The molecule has 1 aromatic rings. The predicted octanol–water partition coefficient (Wildman–Crippen LogP) is 1.84. The number of carbonyl (C=O) groups is 3. The Kier molecular flexibility index (Phi) is 5.73. The van der Waals surface area contributed by atoms with Crippen LogP contribution in [0.25, 0.3) is 0 Å². The molecular formula is C18H21NO5. The number of amides is 1. The molecule has 1 aliphatic rings. The number of rotatable bonds is 6. The molecule has 0 aliphatic carbocycles. The van der Waals surface area contributed by atoms with E-state index in [2.05, 4.69) is 6.58 Å². The molecular weight excluding hydrogens is 310 g/mol. The van der Waals surface area contributed by atoms with Crippen LogP contribution >= 0.6 is 0 Å². The van der Waals surface area contributed by atoms with Crippen molar-refractivity contribution < 1.29 is 23.9 Å². The lowest BCUT2D eigenvalue weighted by molar-refractivity contribution is -0.166. The zero-order chi connectivity index (χ0) is 17.7. The number of likely N-dealkylation sites (tertiary alicyclic amines) is 1. The van der Waals surface area contributed by atoms with Gasteiger partial charge in [-0.05, 0) is 12.0 Å². The Morgan fingerprint density at radius 2 is 1.79 bits per heavy atom. The lowest BCUT2D eigenvalue weighted by Crippen LogP contribution is -2.39. The number of ether oxygens (including phenoxy) is 2. The zero-order valence-electron chi connectivity index (χ0n) is 13.8. The lowest BCUT2D eigenvalue weighted by Gasteiger charge is -2.26. The van der Waals surface area contributed by atoms with Crippen LogP contribution in [0.15, 0.2) is 43.0 Å². The first-order chi connectivity index (χ1) is 11.4. The molecule has 0 N–H and O–H groups in total. The number of carbonyl (C=O) groups excluding carboxylic acids is 3. The highest BCUT2D eigenvalue weighted by molar-refractivity contribution is 5.87. The van der Waals surface area contributed by atoms with Crippen molar-refractivity contribution in [3.05, 3.63) is 48.6 Å². The molecule has 1 fully saturated rings. The van der Waals surface area contributed by atoms with Crippen molar-refractivity contribution in [3.63, 3.8) is 0 Å². The normalized spacial score (nSPS) is 23.0. The molecule has 6 heteroatoms. The maximum Gasteiger partial charge on any atom is 0.303 e. The van der Waals surface area contributed by atoms with Gasteiger partial charge in [-0.3, -0.25) is 14.4 Å². The monoisotopic (exact) mass is 331 g/mol. The second kappa shape index (κ2) is 7.77. The van der Waals surface area contributed by atoms with Gasteiger partial charge in [-0.1, -0.05) is 36.4 Å². The third-order valence-corrected chi connectivity index (χ3v) is 3.80. The minimum atomic E-state index is -1.12. The second-order valence-corrected chi connectivity index (χ2v) is 5.65. The lowest BCUT2D eigenvalue weighted by atomic mass is 10.1. The van der Waals surface area contributed by atoms with Gasteiger partial charge in [0.15, 0.2) is 6.10 Å². The van der Waals surface area contributed by atoms with E-state index in [0.29, 0.717) is 13.0 Å². The summed E-state index contributed by atoms with van der Waals surface area (Å²) >= 11 is 0. The van der Waals surface area contributed by atoms with Gasteiger partial charge in [0.2, 0.25) is 6.10 Å². The topological polar surface area (TPSA) is 72.9 Å². The Hall–Kier alpha value is -2.63. The van der Waals surface area contributed by atoms with Crippen LogP contribution in [0.2, 0.25) is 0 Å². The molecule has 0 aromatic heterocycles. The fraction of sp³-hybridized carbons (Fsp3) is 0.389. The number of hydrogen-bond acceptors (Lipinski definition) is 5. The molecule has 0 unspecified atom stereocenters. The van der Waals surface area contributed by atoms with Gasteiger partial charge < -0.3 is 14.4 Å². The molecule has 2 rings (SSSR count). The molecule has 1 heterocycles. The zero-order valence-corrected chi connectivity index (χ0v) is 13.8. The van der Waals surface area contributed by atoms with Gasteiger partial charge in [-0.15, -0.1) is 6.58 Å². The number of esters is 2. The summed E-state index contributed by atoms with van der Waals surface area (Å²) in [6.07, 6.45) is 0.109. The first-order valence-electron chi connectivity index (χ1n) is 7.73. The van der Waals surface area contributed by atoms with Crippen molar-refractivity contribution in [2.75, 3.05) is 0 Å². The molecule has 0 saturated carbocycles. The summed E-state index contributed by atoms with van der Waals surface area (Å²) in [5.74, 6) is -1.49. The van der Waals surface area contributed by atoms with Crippen molar-refractivity contribution in [3.8, 4) is 0 Å². The molecule has 3 atom stereocenters. The summed E-state index contributed by atoms with van der Waals surface area (Å²) in [6, 6.07) is 9.02. The highest BCUT2D eigenvalue weighted by atomic mass is 16.6. The van der Waals surface area contributed by atoms with Crippen molar-refractivity contribution in [1.29, 1.82) is 0 Å². The number of hydrogen-bond donors (Lipinski definition) is 0. The SMILES string of the molecule is C=CC[C@H]1[C@@H](OC(C)=O)[C@H](OC(C)=O)C(=O)N1Cc1ccccc1. The van der Waals surface area contributed by atoms with Crippen LogP contribution in [0.1, 0.15) is 25.8 Å². The fourth-order valence-corrected chi connectivity index (χ4v) is 2.88. The summed E-state index contributed by atoms with van der Waals surface area (Å²) < 4.78 is 10.4. The smallest absolute Gasteiger partial charge is 0.303 e. The summed E-state index contributed by atoms with van der Waals surface area (Å²) in [5, 5.41) is 0. The molecule has 6 nitrogen and oxygen atoms in total. The molecule has 1 amide bonds. The van der Waals surface area contributed by atoms with Gasteiger partial charge in [0, 0.05) is 20.4 Å². The largest absolute Gasteiger partial charge is 0.456 e. The Labute approximate surface area is 141 Å². The van der Waals surface area contributed by atoms with Crippen molar-refractivity contribution >= 4 is 17.8 Å². The first kappa shape index (κ1) is 17.7. The standard InChI is InChI=1S/C18H21NO5/c1-4-8-15-16(23-12(2)20)17(24-13(3)21)18(22)19(15)11-14-9-6-5-7-10-14/h4-7,9-10,15-17H,1,8,11H2,2-3H3/t15-,16+,17-/m0/s1. The van der Waals surface area contributed by atoms with E-state index in [-0.39, 0.29) is 5.91 Å². The summed E-state index contributed by atoms with van der Waals surface area (Å²) in [5.41, 5.74) is 0.935. The minimum Gasteiger partial charge on any atom is -0.456 e. The van der Waals surface area contributed by atoms with Crippen molar-refractivity contribution in [2.24, 2.45) is 0 Å². The number of benzene rings is 1. The van der Waals surface area contributed by atoms with Crippen LogP contribution in [0.5, 0.6) is 0 Å². The molecule has 0 spiro atoms. The molecule has 24 heavy (non-hydrogen) atoms. The first-order valence-corrected chi connectivity index (χ1v) is 7.73. The Morgan fingerprint density at radius 3 is 2.33 bits per heavy atom. The molecule has 0 bridgehead atoms. The van der Waals surface area contributed by atoms with E-state index in [4.69, 9.17) is 9.47 Å². The Bertz CT molecular complexity index is 628. The van der Waals surface area contributed by atoms with Crippen LogP contribution in [-0.4, -0.2) is 41.0 Å². The highest BCUT2D eigenvalue weighted by Crippen LogP contribution is 2.29. The summed E-state index contributed by atoms with van der Waals surface area (Å²) in [4.78, 5) is 37.1. The van der Waals surface area contributed by atoms with E-state index in [1.165, 1.54) is 13.8 Å². The van der Waals surface area contributed by atoms with Crippen molar-refractivity contribution in [1.82, 2.24) is 4.90 Å². The van der Waals surface area contributed by atoms with E-state index in [1.807, 2.05) is 30.3 Å². The van der Waals surface area contributed by atoms with Crippen LogP contribution in [0.3, 0.4) is 0 Å². The Balaban J connectivity index is 2.32. The van der Waals surface area contributed by atoms with Crippen LogP contribution < -0.4 is 0 Å². The quantitative estimate of drug-likeness (QED) is 0.587. The van der Waals surface area contributed by atoms with Crippen LogP contribution in [0, 0.1) is 0 Å². The van der Waals surface area contributed by atoms with Gasteiger partial charge in [0.05, 0.1) is 6.04 Å². The van der Waals surface area contributed by atoms with Gasteiger partial charge in [0.25, 0.3) is 5.91 Å². The molecule has 0 radical (unpaired) electrons. The maximum atomic E-state index is 12.7. The molecule has 1 aliphatic heterocycles. The third-order valence-electron chi connectivity index (χ3n) is 3.80. The van der Waals surface area contributed by atoms with Crippen LogP contribution in [-0.2, 0) is 30.4 Å². The predicted molar refractivity (Wildman–Crippen MR) is 86.7 cm³/mol. The highest BCUT2D eigenvalue weighted by Gasteiger charge is 2.51. The third kappa shape index (κ3) is 4.01. The van der Waals surface area contributed by atoms with Crippen molar-refractivity contribution in [2.45, 2.75) is 45.1 Å². The summed E-state index contributed by atoms with van der Waals surface area (Å²) in [7, 11) is 0. The average Bonchev–Trinajstić information content (AvgIpc) is 2.74. The van der Waals surface area contributed by atoms with E-state index in [0.717, 1.165) is 5.56 Å². The average molecular weight is 331 g/mol. The molecule has 1 aromatic carbocycles. The fourth-order valence-electron chi connectivity index (χ4n) is 2.88. The molecule has 128 valence electrons. The number of nitrogens with zero attached hydrogens (tertiary/aromatic N) is 1. The summed E-state index contributed by atoms with van der Waals surface area (Å²) in [6.45, 7) is 6.53. The molecule has 1 saturated heterocycles. The van der Waals surface area contributed by atoms with Crippen LogP contribution in [0.4, 0.5) is 0 Å². The van der Waals surface area contributed by atoms with E-state index < -0.39 is 30.2 Å². The Morgan fingerprint density at radius 1 is 1.17 bits per heavy atom. The van der Waals surface area contributed by atoms with Gasteiger partial charge >= 0.3 is 11.9 Å². The second-order valence-electron chi connectivity index (χ2n) is 5.65. The van der Waals surface area contributed by atoms with E-state index in [1.54, 1.807) is 11.0 Å². The van der Waals surface area contributed by atoms with Gasteiger partial charge in [0.1, 0.15) is 0 Å².